The first-order chi connectivity index (χ1) is 28.7. The van der Waals surface area contributed by atoms with E-state index in [1.807, 2.05) is 47.2 Å². The standard InChI is InChI=1S/C41H42N10O6S2/c1-57-41(56)49-31(17-29-21-59-23-45-29)39(53)51-15-3-5-35(51)37-43-19-33(47-37)27-12-8-25(9-13-27)24-6-10-26(11-7-24)32-18-42-36(46-32)34-4-2-14-50(34)38(52)30(48-40(54)55)16-28-20-58-22-44-28/h6-13,18-23,30-31,34-35,48H,2-5,14-17H2,1H3,(H,42,46)(H,43,47)(H,49,56)(H,54,55)/t30-,31-,34-,35-/m0/s1. The monoisotopic (exact) mass is 834 g/mol. The fourth-order valence-corrected chi connectivity index (χ4v) is 9.01. The van der Waals surface area contributed by atoms with Crippen molar-refractivity contribution in [3.05, 3.63) is 106 Å². The van der Waals surface area contributed by atoms with Crippen molar-refractivity contribution in [1.82, 2.24) is 50.3 Å². The van der Waals surface area contributed by atoms with Crippen molar-refractivity contribution < 1.29 is 29.0 Å². The number of hydrogen-bond donors (Lipinski definition) is 5. The SMILES string of the molecule is COC(=O)N[C@@H](Cc1cscn1)C(=O)N1CCC[C@H]1c1ncc(-c2ccc(-c3ccc(-c4cnc([C@@H]5CCCN5C(=O)[C@H](Cc5cscn5)NC(=O)O)[nH]4)cc3)cc2)[nH]1. The quantitative estimate of drug-likeness (QED) is 0.0887. The lowest BCUT2D eigenvalue weighted by Crippen LogP contribution is -2.49. The third-order valence-corrected chi connectivity index (χ3v) is 12.1. The van der Waals surface area contributed by atoms with Crippen LogP contribution in [0.2, 0.25) is 0 Å². The molecule has 2 aliphatic heterocycles. The topological polar surface area (TPSA) is 211 Å². The maximum absolute atomic E-state index is 13.8. The molecule has 2 fully saturated rings. The molecular formula is C41H42N10O6S2. The molecule has 6 aromatic rings. The summed E-state index contributed by atoms with van der Waals surface area (Å²) in [6.07, 6.45) is 5.12. The van der Waals surface area contributed by atoms with Gasteiger partial charge in [-0.2, -0.15) is 0 Å². The van der Waals surface area contributed by atoms with Crippen LogP contribution in [0.15, 0.2) is 82.7 Å². The molecule has 16 nitrogen and oxygen atoms in total. The highest BCUT2D eigenvalue weighted by Crippen LogP contribution is 2.35. The zero-order chi connectivity index (χ0) is 40.9. The van der Waals surface area contributed by atoms with Crippen LogP contribution >= 0.6 is 22.7 Å². The molecule has 59 heavy (non-hydrogen) atoms. The second kappa shape index (κ2) is 17.6. The molecule has 2 aliphatic rings. The Morgan fingerprint density at radius 2 is 1.15 bits per heavy atom. The second-order valence-corrected chi connectivity index (χ2v) is 15.9. The number of carbonyl (C=O) groups is 4. The van der Waals surface area contributed by atoms with Crippen LogP contribution in [0.4, 0.5) is 9.59 Å². The van der Waals surface area contributed by atoms with E-state index in [4.69, 9.17) is 4.74 Å². The maximum Gasteiger partial charge on any atom is 0.407 e. The summed E-state index contributed by atoms with van der Waals surface area (Å²) in [4.78, 5) is 79.3. The number of carboxylic acid groups (broad SMARTS) is 1. The summed E-state index contributed by atoms with van der Waals surface area (Å²) >= 11 is 2.83. The van der Waals surface area contributed by atoms with Crippen molar-refractivity contribution in [3.63, 3.8) is 0 Å². The predicted octanol–water partition coefficient (Wildman–Crippen LogP) is 6.22. The van der Waals surface area contributed by atoms with E-state index in [1.54, 1.807) is 33.2 Å². The number of carbonyl (C=O) groups excluding carboxylic acids is 3. The molecule has 2 saturated heterocycles. The molecule has 0 radical (unpaired) electrons. The average molecular weight is 835 g/mol. The van der Waals surface area contributed by atoms with Crippen molar-refractivity contribution in [1.29, 1.82) is 0 Å². The molecule has 8 rings (SSSR count). The number of rotatable bonds is 13. The van der Waals surface area contributed by atoms with Gasteiger partial charge in [-0.15, -0.1) is 22.7 Å². The first kappa shape index (κ1) is 39.4. The van der Waals surface area contributed by atoms with Gasteiger partial charge in [0, 0.05) is 36.7 Å². The maximum atomic E-state index is 13.8. The fourth-order valence-electron chi connectivity index (χ4n) is 7.87. The number of H-pyrrole nitrogens is 2. The Morgan fingerprint density at radius 1 is 0.712 bits per heavy atom. The largest absolute Gasteiger partial charge is 0.465 e. The van der Waals surface area contributed by atoms with Crippen LogP contribution in [-0.4, -0.2) is 101 Å². The summed E-state index contributed by atoms with van der Waals surface area (Å²) in [6, 6.07) is 14.0. The van der Waals surface area contributed by atoms with Gasteiger partial charge in [0.25, 0.3) is 0 Å². The van der Waals surface area contributed by atoms with E-state index in [-0.39, 0.29) is 36.7 Å². The summed E-state index contributed by atoms with van der Waals surface area (Å²) in [7, 11) is 1.27. The van der Waals surface area contributed by atoms with E-state index < -0.39 is 24.3 Å². The number of ether oxygens (including phenoxy) is 1. The molecule has 0 saturated carbocycles. The van der Waals surface area contributed by atoms with Crippen molar-refractivity contribution in [2.24, 2.45) is 0 Å². The predicted molar refractivity (Wildman–Crippen MR) is 220 cm³/mol. The summed E-state index contributed by atoms with van der Waals surface area (Å²) in [5, 5.41) is 18.2. The van der Waals surface area contributed by atoms with Crippen LogP contribution < -0.4 is 10.6 Å². The molecule has 4 atom stereocenters. The second-order valence-electron chi connectivity index (χ2n) is 14.5. The van der Waals surface area contributed by atoms with Crippen LogP contribution in [0.1, 0.15) is 60.8 Å². The lowest BCUT2D eigenvalue weighted by molar-refractivity contribution is -0.135. The number of hydrogen-bond acceptors (Lipinski definition) is 11. The Kier molecular flexibility index (Phi) is 11.8. The Hall–Kier alpha value is -6.40. The minimum atomic E-state index is -1.26. The van der Waals surface area contributed by atoms with Gasteiger partial charge >= 0.3 is 12.2 Å². The first-order valence-electron chi connectivity index (χ1n) is 19.2. The van der Waals surface area contributed by atoms with Gasteiger partial charge in [0.05, 0.1) is 65.4 Å². The van der Waals surface area contributed by atoms with Crippen LogP contribution in [-0.2, 0) is 27.2 Å². The molecular weight excluding hydrogens is 793 g/mol. The Morgan fingerprint density at radius 3 is 1.56 bits per heavy atom. The molecule has 0 bridgehead atoms. The van der Waals surface area contributed by atoms with E-state index in [0.717, 1.165) is 58.6 Å². The summed E-state index contributed by atoms with van der Waals surface area (Å²) < 4.78 is 4.80. The zero-order valence-electron chi connectivity index (χ0n) is 32.0. The number of aromatic nitrogens is 6. The molecule has 2 aromatic carbocycles. The number of amides is 4. The van der Waals surface area contributed by atoms with E-state index >= 15 is 0 Å². The van der Waals surface area contributed by atoms with E-state index in [1.165, 1.54) is 29.8 Å². The highest BCUT2D eigenvalue weighted by Gasteiger charge is 2.38. The lowest BCUT2D eigenvalue weighted by Gasteiger charge is -2.28. The van der Waals surface area contributed by atoms with Gasteiger partial charge in [-0.05, 0) is 47.9 Å². The van der Waals surface area contributed by atoms with Gasteiger partial charge in [-0.25, -0.2) is 29.5 Å². The van der Waals surface area contributed by atoms with Crippen molar-refractivity contribution in [2.45, 2.75) is 62.7 Å². The number of likely N-dealkylation sites (tertiary alicyclic amines) is 2. The normalized spacial score (nSPS) is 17.4. The van der Waals surface area contributed by atoms with Crippen LogP contribution in [0.3, 0.4) is 0 Å². The molecule has 6 heterocycles. The minimum Gasteiger partial charge on any atom is -0.465 e. The van der Waals surface area contributed by atoms with Gasteiger partial charge in [0.1, 0.15) is 23.7 Å². The summed E-state index contributed by atoms with van der Waals surface area (Å²) in [5.74, 6) is 0.855. The van der Waals surface area contributed by atoms with Crippen molar-refractivity contribution >= 4 is 46.7 Å². The Balaban J connectivity index is 0.912. The molecule has 0 spiro atoms. The molecule has 4 aromatic heterocycles. The zero-order valence-corrected chi connectivity index (χ0v) is 33.7. The number of benzene rings is 2. The third-order valence-electron chi connectivity index (χ3n) is 10.8. The summed E-state index contributed by atoms with van der Waals surface area (Å²) in [5.41, 5.74) is 10.3. The van der Waals surface area contributed by atoms with E-state index in [9.17, 15) is 24.3 Å². The Labute approximate surface area is 347 Å². The molecule has 4 amide bonds. The van der Waals surface area contributed by atoms with Gasteiger partial charge in [-0.3, -0.25) is 9.59 Å². The minimum absolute atomic E-state index is 0.179. The van der Waals surface area contributed by atoms with Gasteiger partial charge < -0.3 is 40.2 Å². The van der Waals surface area contributed by atoms with Crippen molar-refractivity contribution in [2.75, 3.05) is 20.2 Å². The third kappa shape index (κ3) is 8.87. The van der Waals surface area contributed by atoms with Crippen LogP contribution in [0.25, 0.3) is 33.6 Å². The number of thiazole rings is 2. The van der Waals surface area contributed by atoms with Crippen LogP contribution in [0, 0.1) is 0 Å². The van der Waals surface area contributed by atoms with Crippen LogP contribution in [0.5, 0.6) is 0 Å². The number of nitrogens with one attached hydrogen (secondary N) is 4. The number of alkyl carbamates (subject to hydrolysis) is 1. The van der Waals surface area contributed by atoms with Gasteiger partial charge in [-0.1, -0.05) is 48.5 Å². The molecule has 304 valence electrons. The average Bonchev–Trinajstić information content (AvgIpc) is 4.11. The van der Waals surface area contributed by atoms with Gasteiger partial charge in [0.2, 0.25) is 11.8 Å². The Bertz CT molecular complexity index is 2380. The highest BCUT2D eigenvalue weighted by atomic mass is 32.1. The molecule has 18 heteroatoms. The number of imidazole rings is 2. The number of aromatic amines is 2. The first-order valence-corrected chi connectivity index (χ1v) is 21.1. The van der Waals surface area contributed by atoms with E-state index in [2.05, 4.69) is 52.7 Å². The number of nitrogens with zero attached hydrogens (tertiary/aromatic N) is 6. The number of methoxy groups -OCH3 is 1. The highest BCUT2D eigenvalue weighted by molar-refractivity contribution is 7.07. The summed E-state index contributed by atoms with van der Waals surface area (Å²) in [6.45, 7) is 1.06. The lowest BCUT2D eigenvalue weighted by atomic mass is 10.0. The smallest absolute Gasteiger partial charge is 0.407 e. The molecule has 0 unspecified atom stereocenters. The fraction of sp³-hybridized carbons (Fsp3) is 0.317. The van der Waals surface area contributed by atoms with Crippen molar-refractivity contribution in [3.8, 4) is 33.6 Å². The molecule has 0 aliphatic carbocycles. The molecule has 5 N–H and O–H groups in total. The van der Waals surface area contributed by atoms with E-state index in [0.29, 0.717) is 36.9 Å². The van der Waals surface area contributed by atoms with Gasteiger partial charge in [0.15, 0.2) is 0 Å².